The van der Waals surface area contributed by atoms with E-state index in [0.717, 1.165) is 17.9 Å². The maximum Gasteiger partial charge on any atom is 0.238 e. The highest BCUT2D eigenvalue weighted by Gasteiger charge is 2.10. The van der Waals surface area contributed by atoms with E-state index in [-0.39, 0.29) is 0 Å². The molecule has 0 atom stereocenters. The molecule has 0 unspecified atom stereocenters. The van der Waals surface area contributed by atoms with Gasteiger partial charge in [-0.2, -0.15) is 5.10 Å². The standard InChI is InChI=1S/C15H17N3O/c16-10-13-6-8-15(18-17-13)19-14-7-5-11-3-1-2-4-12(11)9-14/h5-9H,1-4,10,16H2. The lowest BCUT2D eigenvalue weighted by molar-refractivity contribution is 0.452. The van der Waals surface area contributed by atoms with E-state index >= 15 is 0 Å². The first-order valence-corrected chi connectivity index (χ1v) is 6.67. The van der Waals surface area contributed by atoms with E-state index in [9.17, 15) is 0 Å². The second-order valence-corrected chi connectivity index (χ2v) is 4.81. The molecule has 1 aliphatic carbocycles. The fourth-order valence-electron chi connectivity index (χ4n) is 2.40. The van der Waals surface area contributed by atoms with Crippen LogP contribution in [0.1, 0.15) is 29.7 Å². The maximum atomic E-state index is 5.73. The minimum atomic E-state index is 0.395. The minimum Gasteiger partial charge on any atom is -0.438 e. The summed E-state index contributed by atoms with van der Waals surface area (Å²) >= 11 is 0. The average molecular weight is 255 g/mol. The van der Waals surface area contributed by atoms with Gasteiger partial charge in [-0.05, 0) is 55.0 Å². The van der Waals surface area contributed by atoms with Crippen LogP contribution >= 0.6 is 0 Å². The number of ether oxygens (including phenoxy) is 1. The maximum absolute atomic E-state index is 5.73. The van der Waals surface area contributed by atoms with Crippen LogP contribution in [0.25, 0.3) is 0 Å². The van der Waals surface area contributed by atoms with Crippen molar-refractivity contribution < 1.29 is 4.74 Å². The van der Waals surface area contributed by atoms with Crippen LogP contribution < -0.4 is 10.5 Å². The minimum absolute atomic E-state index is 0.395. The number of nitrogens with zero attached hydrogens (tertiary/aromatic N) is 2. The van der Waals surface area contributed by atoms with E-state index in [2.05, 4.69) is 22.3 Å². The molecule has 0 fully saturated rings. The number of hydrogen-bond acceptors (Lipinski definition) is 4. The summed E-state index contributed by atoms with van der Waals surface area (Å²) in [5, 5.41) is 7.99. The molecule has 0 radical (unpaired) electrons. The second-order valence-electron chi connectivity index (χ2n) is 4.81. The third-order valence-corrected chi connectivity index (χ3v) is 3.45. The zero-order chi connectivity index (χ0) is 13.1. The fourth-order valence-corrected chi connectivity index (χ4v) is 2.40. The first-order valence-electron chi connectivity index (χ1n) is 6.67. The summed E-state index contributed by atoms with van der Waals surface area (Å²) in [7, 11) is 0. The van der Waals surface area contributed by atoms with Crippen molar-refractivity contribution in [3.63, 3.8) is 0 Å². The van der Waals surface area contributed by atoms with E-state index in [0.29, 0.717) is 12.4 Å². The van der Waals surface area contributed by atoms with Gasteiger partial charge in [0.05, 0.1) is 5.69 Å². The Hall–Kier alpha value is -1.94. The van der Waals surface area contributed by atoms with Crippen LogP contribution in [0.2, 0.25) is 0 Å². The molecular weight excluding hydrogens is 238 g/mol. The zero-order valence-electron chi connectivity index (χ0n) is 10.8. The predicted molar refractivity (Wildman–Crippen MR) is 73.1 cm³/mol. The summed E-state index contributed by atoms with van der Waals surface area (Å²) in [6, 6.07) is 9.91. The first-order chi connectivity index (χ1) is 9.35. The number of aromatic nitrogens is 2. The van der Waals surface area contributed by atoms with Crippen molar-refractivity contribution in [1.29, 1.82) is 0 Å². The molecule has 1 heterocycles. The lowest BCUT2D eigenvalue weighted by atomic mass is 9.92. The van der Waals surface area contributed by atoms with Crippen LogP contribution in [0, 0.1) is 0 Å². The monoisotopic (exact) mass is 255 g/mol. The molecule has 0 bridgehead atoms. The second kappa shape index (κ2) is 5.36. The smallest absolute Gasteiger partial charge is 0.238 e. The summed E-state index contributed by atoms with van der Waals surface area (Å²) in [5.41, 5.74) is 9.09. The van der Waals surface area contributed by atoms with Crippen molar-refractivity contribution in [2.24, 2.45) is 5.73 Å². The molecule has 1 aliphatic rings. The lowest BCUT2D eigenvalue weighted by Gasteiger charge is -2.16. The van der Waals surface area contributed by atoms with Gasteiger partial charge in [-0.1, -0.05) is 6.07 Å². The quantitative estimate of drug-likeness (QED) is 0.915. The number of benzene rings is 1. The fraction of sp³-hybridized carbons (Fsp3) is 0.333. The molecule has 19 heavy (non-hydrogen) atoms. The Balaban J connectivity index is 1.78. The summed E-state index contributed by atoms with van der Waals surface area (Å²) in [5.74, 6) is 1.34. The van der Waals surface area contributed by atoms with Gasteiger partial charge in [0, 0.05) is 12.6 Å². The van der Waals surface area contributed by atoms with Gasteiger partial charge in [0.1, 0.15) is 5.75 Å². The Morgan fingerprint density at radius 3 is 2.58 bits per heavy atom. The number of nitrogens with two attached hydrogens (primary N) is 1. The largest absolute Gasteiger partial charge is 0.438 e. The van der Waals surface area contributed by atoms with Gasteiger partial charge >= 0.3 is 0 Å². The molecule has 1 aromatic heterocycles. The number of hydrogen-bond donors (Lipinski definition) is 1. The van der Waals surface area contributed by atoms with Crippen molar-refractivity contribution in [3.05, 3.63) is 47.2 Å². The van der Waals surface area contributed by atoms with Gasteiger partial charge in [-0.25, -0.2) is 0 Å². The topological polar surface area (TPSA) is 61.0 Å². The Morgan fingerprint density at radius 2 is 1.84 bits per heavy atom. The molecule has 0 amide bonds. The summed E-state index contributed by atoms with van der Waals surface area (Å²) < 4.78 is 5.73. The lowest BCUT2D eigenvalue weighted by Crippen LogP contribution is -2.03. The van der Waals surface area contributed by atoms with Gasteiger partial charge in [0.2, 0.25) is 5.88 Å². The third-order valence-electron chi connectivity index (χ3n) is 3.45. The van der Waals surface area contributed by atoms with Crippen LogP contribution in [-0.4, -0.2) is 10.2 Å². The summed E-state index contributed by atoms with van der Waals surface area (Å²) in [6.45, 7) is 0.395. The highest BCUT2D eigenvalue weighted by Crippen LogP contribution is 2.27. The van der Waals surface area contributed by atoms with Crippen molar-refractivity contribution in [3.8, 4) is 11.6 Å². The molecule has 0 aliphatic heterocycles. The molecule has 4 heteroatoms. The molecule has 2 aromatic rings. The normalized spacial score (nSPS) is 13.9. The Kier molecular flexibility index (Phi) is 3.42. The predicted octanol–water partition coefficient (Wildman–Crippen LogP) is 2.61. The van der Waals surface area contributed by atoms with E-state index < -0.39 is 0 Å². The number of aryl methyl sites for hydroxylation is 2. The Morgan fingerprint density at radius 1 is 1.00 bits per heavy atom. The average Bonchev–Trinajstić information content (AvgIpc) is 2.48. The van der Waals surface area contributed by atoms with Crippen LogP contribution in [0.5, 0.6) is 11.6 Å². The molecule has 4 nitrogen and oxygen atoms in total. The molecule has 0 saturated heterocycles. The van der Waals surface area contributed by atoms with Crippen molar-refractivity contribution in [2.45, 2.75) is 32.2 Å². The number of fused-ring (bicyclic) bond motifs is 1. The third kappa shape index (κ3) is 2.74. The highest BCUT2D eigenvalue weighted by molar-refractivity contribution is 5.38. The van der Waals surface area contributed by atoms with Gasteiger partial charge in [0.15, 0.2) is 0 Å². The van der Waals surface area contributed by atoms with Crippen LogP contribution in [0.3, 0.4) is 0 Å². The van der Waals surface area contributed by atoms with Crippen molar-refractivity contribution in [1.82, 2.24) is 10.2 Å². The van der Waals surface area contributed by atoms with E-state index in [1.807, 2.05) is 12.1 Å². The first kappa shape index (κ1) is 12.1. The van der Waals surface area contributed by atoms with Gasteiger partial charge < -0.3 is 10.5 Å². The molecular formula is C15H17N3O. The Bertz CT molecular complexity index is 566. The number of rotatable bonds is 3. The zero-order valence-corrected chi connectivity index (χ0v) is 10.8. The SMILES string of the molecule is NCc1ccc(Oc2ccc3c(c2)CCCC3)nn1. The molecule has 0 saturated carbocycles. The van der Waals surface area contributed by atoms with Crippen LogP contribution in [0.15, 0.2) is 30.3 Å². The molecule has 1 aromatic carbocycles. The molecule has 2 N–H and O–H groups in total. The van der Waals surface area contributed by atoms with E-state index in [1.54, 1.807) is 6.07 Å². The van der Waals surface area contributed by atoms with Crippen LogP contribution in [-0.2, 0) is 19.4 Å². The summed E-state index contributed by atoms with van der Waals surface area (Å²) in [4.78, 5) is 0. The van der Waals surface area contributed by atoms with E-state index in [4.69, 9.17) is 10.5 Å². The highest BCUT2D eigenvalue weighted by atomic mass is 16.5. The van der Waals surface area contributed by atoms with Gasteiger partial charge in [-0.3, -0.25) is 0 Å². The van der Waals surface area contributed by atoms with Crippen molar-refractivity contribution >= 4 is 0 Å². The molecule has 98 valence electrons. The van der Waals surface area contributed by atoms with Crippen molar-refractivity contribution in [2.75, 3.05) is 0 Å². The van der Waals surface area contributed by atoms with Gasteiger partial charge in [-0.15, -0.1) is 5.10 Å². The van der Waals surface area contributed by atoms with E-state index in [1.165, 1.54) is 30.4 Å². The van der Waals surface area contributed by atoms with Crippen LogP contribution in [0.4, 0.5) is 0 Å². The molecule has 0 spiro atoms. The van der Waals surface area contributed by atoms with Gasteiger partial charge in [0.25, 0.3) is 0 Å². The molecule has 3 rings (SSSR count). The Labute approximate surface area is 112 Å². The summed E-state index contributed by atoms with van der Waals surface area (Å²) in [6.07, 6.45) is 4.88.